The molecule has 1 N–H and O–H groups in total. The van der Waals surface area contributed by atoms with Crippen LogP contribution in [0.15, 0.2) is 60.7 Å². The fraction of sp³-hybridized carbons (Fsp3) is 0.273. The molecule has 1 heterocycles. The molecule has 3 rings (SSSR count). The van der Waals surface area contributed by atoms with Crippen LogP contribution in [-0.2, 0) is 6.54 Å². The molecule has 0 radical (unpaired) electrons. The van der Waals surface area contributed by atoms with Gasteiger partial charge in [-0.1, -0.05) is 42.5 Å². The summed E-state index contributed by atoms with van der Waals surface area (Å²) in [6, 6.07) is 20.3. The number of para-hydroxylation sites is 2. The Morgan fingerprint density at radius 1 is 0.963 bits per heavy atom. The highest BCUT2D eigenvalue weighted by Gasteiger charge is 2.11. The quantitative estimate of drug-likeness (QED) is 0.614. The van der Waals surface area contributed by atoms with Crippen LogP contribution in [0.2, 0.25) is 0 Å². The van der Waals surface area contributed by atoms with Crippen molar-refractivity contribution >= 4 is 17.5 Å². The molecule has 0 aliphatic rings. The van der Waals surface area contributed by atoms with Crippen LogP contribution in [0.5, 0.6) is 5.75 Å². The summed E-state index contributed by atoms with van der Waals surface area (Å²) >= 11 is 0. The van der Waals surface area contributed by atoms with Crippen LogP contribution in [0.3, 0.4) is 0 Å². The molecular formula is C22H26N4O. The van der Waals surface area contributed by atoms with Crippen LogP contribution in [-0.4, -0.2) is 23.1 Å². The van der Waals surface area contributed by atoms with Gasteiger partial charge >= 0.3 is 0 Å². The van der Waals surface area contributed by atoms with E-state index >= 15 is 0 Å². The van der Waals surface area contributed by atoms with Gasteiger partial charge in [-0.15, -0.1) is 0 Å². The molecule has 0 atom stereocenters. The van der Waals surface area contributed by atoms with Crippen LogP contribution in [0.1, 0.15) is 25.1 Å². The van der Waals surface area contributed by atoms with Crippen molar-refractivity contribution in [3.63, 3.8) is 0 Å². The fourth-order valence-electron chi connectivity index (χ4n) is 2.90. The molecule has 3 aromatic rings. The van der Waals surface area contributed by atoms with E-state index in [0.717, 1.165) is 36.0 Å². The number of aryl methyl sites for hydroxylation is 1. The fourth-order valence-corrected chi connectivity index (χ4v) is 2.90. The summed E-state index contributed by atoms with van der Waals surface area (Å²) < 4.78 is 5.69. The van der Waals surface area contributed by atoms with Crippen LogP contribution < -0.4 is 15.0 Å². The third-order valence-corrected chi connectivity index (χ3v) is 4.20. The molecule has 0 unspecified atom stereocenters. The van der Waals surface area contributed by atoms with E-state index in [0.29, 0.717) is 12.6 Å². The molecule has 5 nitrogen and oxygen atoms in total. The third-order valence-electron chi connectivity index (χ3n) is 4.20. The molecule has 0 spiro atoms. The molecule has 0 saturated heterocycles. The van der Waals surface area contributed by atoms with Gasteiger partial charge in [0.25, 0.3) is 0 Å². The Labute approximate surface area is 161 Å². The molecule has 2 aromatic carbocycles. The van der Waals surface area contributed by atoms with E-state index in [2.05, 4.69) is 46.4 Å². The van der Waals surface area contributed by atoms with Gasteiger partial charge in [0.05, 0.1) is 12.3 Å². The number of hydrogen-bond donors (Lipinski definition) is 1. The summed E-state index contributed by atoms with van der Waals surface area (Å²) in [7, 11) is 0. The van der Waals surface area contributed by atoms with E-state index in [1.165, 1.54) is 5.56 Å². The Balaban J connectivity index is 1.85. The van der Waals surface area contributed by atoms with Crippen molar-refractivity contribution in [2.75, 3.05) is 23.4 Å². The van der Waals surface area contributed by atoms with Crippen LogP contribution in [0.4, 0.5) is 17.5 Å². The highest BCUT2D eigenvalue weighted by Crippen LogP contribution is 2.27. The Hall–Kier alpha value is -3.08. The molecule has 5 heteroatoms. The maximum absolute atomic E-state index is 5.69. The first kappa shape index (κ1) is 18.7. The lowest BCUT2D eigenvalue weighted by Gasteiger charge is -2.23. The molecule has 0 saturated carbocycles. The number of rotatable bonds is 8. The molecule has 0 fully saturated rings. The summed E-state index contributed by atoms with van der Waals surface area (Å²) in [4.78, 5) is 11.5. The molecule has 1 aromatic heterocycles. The van der Waals surface area contributed by atoms with Gasteiger partial charge in [0.15, 0.2) is 0 Å². The monoisotopic (exact) mass is 362 g/mol. The summed E-state index contributed by atoms with van der Waals surface area (Å²) in [6.45, 7) is 8.38. The van der Waals surface area contributed by atoms with Crippen molar-refractivity contribution in [3.8, 4) is 5.75 Å². The zero-order valence-electron chi connectivity index (χ0n) is 16.1. The maximum Gasteiger partial charge on any atom is 0.229 e. The Bertz CT molecular complexity index is 867. The maximum atomic E-state index is 5.69. The van der Waals surface area contributed by atoms with E-state index in [4.69, 9.17) is 9.72 Å². The minimum Gasteiger partial charge on any atom is -0.492 e. The zero-order valence-corrected chi connectivity index (χ0v) is 16.1. The molecule has 0 bridgehead atoms. The van der Waals surface area contributed by atoms with Gasteiger partial charge in [-0.25, -0.2) is 4.98 Å². The van der Waals surface area contributed by atoms with E-state index in [1.54, 1.807) is 0 Å². The summed E-state index contributed by atoms with van der Waals surface area (Å²) in [6.07, 6.45) is 0. The molecule has 0 amide bonds. The largest absolute Gasteiger partial charge is 0.492 e. The van der Waals surface area contributed by atoms with Crippen LogP contribution >= 0.6 is 0 Å². The minimum absolute atomic E-state index is 0.573. The van der Waals surface area contributed by atoms with Crippen molar-refractivity contribution < 1.29 is 4.74 Å². The summed E-state index contributed by atoms with van der Waals surface area (Å²) in [5, 5.41) is 3.31. The molecule has 0 aliphatic carbocycles. The Kier molecular flexibility index (Phi) is 6.26. The standard InChI is InChI=1S/C22H26N4O/c1-4-26(16-18-11-7-6-8-12-18)21-15-17(3)23-22(25-21)24-19-13-9-10-14-20(19)27-5-2/h6-15H,4-5,16H2,1-3H3,(H,23,24,25). The number of aromatic nitrogens is 2. The number of hydrogen-bond acceptors (Lipinski definition) is 5. The lowest BCUT2D eigenvalue weighted by atomic mass is 10.2. The minimum atomic E-state index is 0.573. The molecule has 140 valence electrons. The van der Waals surface area contributed by atoms with Gasteiger partial charge in [0, 0.05) is 24.8 Å². The predicted octanol–water partition coefficient (Wildman–Crippen LogP) is 4.95. The number of ether oxygens (including phenoxy) is 1. The summed E-state index contributed by atoms with van der Waals surface area (Å²) in [5.41, 5.74) is 3.04. The van der Waals surface area contributed by atoms with Gasteiger partial charge in [-0.3, -0.25) is 0 Å². The first-order chi connectivity index (χ1) is 13.2. The van der Waals surface area contributed by atoms with E-state index in [9.17, 15) is 0 Å². The topological polar surface area (TPSA) is 50.3 Å². The normalized spacial score (nSPS) is 10.5. The van der Waals surface area contributed by atoms with Gasteiger partial charge in [-0.2, -0.15) is 4.98 Å². The predicted molar refractivity (Wildman–Crippen MR) is 111 cm³/mol. The Morgan fingerprint density at radius 3 is 2.44 bits per heavy atom. The number of nitrogens with one attached hydrogen (secondary N) is 1. The number of nitrogens with zero attached hydrogens (tertiary/aromatic N) is 3. The Morgan fingerprint density at radius 2 is 1.70 bits per heavy atom. The van der Waals surface area contributed by atoms with Gasteiger partial charge in [0.2, 0.25) is 5.95 Å². The van der Waals surface area contributed by atoms with Gasteiger partial charge < -0.3 is 15.0 Å². The lowest BCUT2D eigenvalue weighted by Crippen LogP contribution is -2.23. The van der Waals surface area contributed by atoms with Crippen LogP contribution in [0.25, 0.3) is 0 Å². The smallest absolute Gasteiger partial charge is 0.229 e. The van der Waals surface area contributed by atoms with Gasteiger partial charge in [0.1, 0.15) is 11.6 Å². The van der Waals surface area contributed by atoms with Crippen molar-refractivity contribution in [1.82, 2.24) is 9.97 Å². The molecular weight excluding hydrogens is 336 g/mol. The number of benzene rings is 2. The first-order valence-electron chi connectivity index (χ1n) is 9.33. The van der Waals surface area contributed by atoms with Gasteiger partial charge in [-0.05, 0) is 38.5 Å². The average molecular weight is 362 g/mol. The van der Waals surface area contributed by atoms with Crippen molar-refractivity contribution in [3.05, 3.63) is 71.9 Å². The van der Waals surface area contributed by atoms with Crippen molar-refractivity contribution in [2.24, 2.45) is 0 Å². The zero-order chi connectivity index (χ0) is 19.1. The lowest BCUT2D eigenvalue weighted by molar-refractivity contribution is 0.342. The van der Waals surface area contributed by atoms with E-state index in [1.807, 2.05) is 50.2 Å². The second-order valence-electron chi connectivity index (χ2n) is 6.25. The highest BCUT2D eigenvalue weighted by atomic mass is 16.5. The van der Waals surface area contributed by atoms with E-state index in [-0.39, 0.29) is 0 Å². The molecule has 0 aliphatic heterocycles. The second kappa shape index (κ2) is 9.03. The van der Waals surface area contributed by atoms with Crippen LogP contribution in [0, 0.1) is 6.92 Å². The van der Waals surface area contributed by atoms with Crippen molar-refractivity contribution in [1.29, 1.82) is 0 Å². The third kappa shape index (κ3) is 4.97. The summed E-state index contributed by atoms with van der Waals surface area (Å²) in [5.74, 6) is 2.28. The van der Waals surface area contributed by atoms with E-state index < -0.39 is 0 Å². The SMILES string of the molecule is CCOc1ccccc1Nc1nc(C)cc(N(CC)Cc2ccccc2)n1. The molecule has 27 heavy (non-hydrogen) atoms. The first-order valence-corrected chi connectivity index (χ1v) is 9.33. The second-order valence-corrected chi connectivity index (χ2v) is 6.25. The highest BCUT2D eigenvalue weighted by molar-refractivity contribution is 5.63. The van der Waals surface area contributed by atoms with Crippen molar-refractivity contribution in [2.45, 2.75) is 27.3 Å². The number of anilines is 3. The average Bonchev–Trinajstić information content (AvgIpc) is 2.68.